The summed E-state index contributed by atoms with van der Waals surface area (Å²) in [5.74, 6) is 0.943. The Labute approximate surface area is 194 Å². The van der Waals surface area contributed by atoms with Crippen LogP contribution in [0, 0.1) is 0 Å². The molecule has 3 rings (SSSR count). The fraction of sp³-hybridized carbons (Fsp3) is 0.360. The van der Waals surface area contributed by atoms with Crippen LogP contribution in [0.5, 0.6) is 17.2 Å². The van der Waals surface area contributed by atoms with Crippen molar-refractivity contribution in [2.45, 2.75) is 26.1 Å². The van der Waals surface area contributed by atoms with Gasteiger partial charge >= 0.3 is 0 Å². The van der Waals surface area contributed by atoms with Gasteiger partial charge in [0.25, 0.3) is 5.91 Å². The van der Waals surface area contributed by atoms with Crippen LogP contribution in [0.4, 0.5) is 5.69 Å². The molecule has 1 aliphatic heterocycles. The van der Waals surface area contributed by atoms with Gasteiger partial charge in [-0.25, -0.2) is 0 Å². The zero-order valence-corrected chi connectivity index (χ0v) is 19.6. The summed E-state index contributed by atoms with van der Waals surface area (Å²) in [5.41, 5.74) is 1.59. The molecule has 1 heterocycles. The molecule has 176 valence electrons. The van der Waals surface area contributed by atoms with Crippen LogP contribution >= 0.6 is 0 Å². The first-order chi connectivity index (χ1) is 15.9. The van der Waals surface area contributed by atoms with Crippen molar-refractivity contribution in [1.29, 1.82) is 0 Å². The molecule has 2 aromatic carbocycles. The Morgan fingerprint density at radius 3 is 2.18 bits per heavy atom. The van der Waals surface area contributed by atoms with Crippen LogP contribution in [0.2, 0.25) is 0 Å². The Morgan fingerprint density at radius 2 is 1.61 bits per heavy atom. The largest absolute Gasteiger partial charge is 0.493 e. The third-order valence-corrected chi connectivity index (χ3v) is 5.24. The van der Waals surface area contributed by atoms with Gasteiger partial charge in [-0.1, -0.05) is 12.1 Å². The predicted octanol–water partition coefficient (Wildman–Crippen LogP) is 3.61. The molecule has 2 aromatic rings. The normalized spacial score (nSPS) is 18.2. The first-order valence-electron chi connectivity index (χ1n) is 10.7. The topological polar surface area (TPSA) is 86.3 Å². The van der Waals surface area contributed by atoms with Gasteiger partial charge in [0.15, 0.2) is 11.5 Å². The summed E-state index contributed by atoms with van der Waals surface area (Å²) in [5, 5.41) is 2.81. The average molecular weight is 455 g/mol. The maximum atomic E-state index is 13.1. The first-order valence-corrected chi connectivity index (χ1v) is 10.7. The lowest BCUT2D eigenvalue weighted by molar-refractivity contribution is -0.111. The van der Waals surface area contributed by atoms with Gasteiger partial charge in [-0.15, -0.1) is 0 Å². The van der Waals surface area contributed by atoms with Crippen molar-refractivity contribution in [3.05, 3.63) is 53.6 Å². The van der Waals surface area contributed by atoms with Crippen molar-refractivity contribution in [1.82, 2.24) is 4.90 Å². The Morgan fingerprint density at radius 1 is 1.00 bits per heavy atom. The average Bonchev–Trinajstić information content (AvgIpc) is 2.81. The van der Waals surface area contributed by atoms with E-state index in [1.54, 1.807) is 47.4 Å². The van der Waals surface area contributed by atoms with Gasteiger partial charge < -0.3 is 29.2 Å². The number of hydrogen-bond donors (Lipinski definition) is 1. The van der Waals surface area contributed by atoms with E-state index in [1.165, 1.54) is 27.4 Å². The highest BCUT2D eigenvalue weighted by Gasteiger charge is 2.27. The number of nitrogens with one attached hydrogen (secondary N) is 1. The highest BCUT2D eigenvalue weighted by molar-refractivity contribution is 6.07. The third kappa shape index (κ3) is 5.84. The SMILES string of the molecule is COc1cc(/C=C/C(=O)Nc2ccccc2C(=O)N2CC(C)OC(C)C2)cc(OC)c1OC. The van der Waals surface area contributed by atoms with Crippen molar-refractivity contribution < 1.29 is 28.5 Å². The molecular weight excluding hydrogens is 424 g/mol. The van der Waals surface area contributed by atoms with Gasteiger partial charge in [0.2, 0.25) is 11.7 Å². The van der Waals surface area contributed by atoms with E-state index in [9.17, 15) is 9.59 Å². The van der Waals surface area contributed by atoms with Gasteiger partial charge in [0.05, 0.1) is 44.8 Å². The summed E-state index contributed by atoms with van der Waals surface area (Å²) in [7, 11) is 4.59. The van der Waals surface area contributed by atoms with Gasteiger partial charge in [-0.2, -0.15) is 0 Å². The molecule has 0 aromatic heterocycles. The molecule has 1 N–H and O–H groups in total. The van der Waals surface area contributed by atoms with E-state index in [1.807, 2.05) is 13.8 Å². The Hall–Kier alpha value is -3.52. The monoisotopic (exact) mass is 454 g/mol. The van der Waals surface area contributed by atoms with E-state index in [0.717, 1.165) is 0 Å². The number of carbonyl (C=O) groups is 2. The van der Waals surface area contributed by atoms with Crippen LogP contribution in [0.25, 0.3) is 6.08 Å². The second-order valence-electron chi connectivity index (χ2n) is 7.79. The molecule has 1 aliphatic rings. The van der Waals surface area contributed by atoms with Crippen molar-refractivity contribution in [2.24, 2.45) is 0 Å². The van der Waals surface area contributed by atoms with Crippen molar-refractivity contribution in [2.75, 3.05) is 39.7 Å². The lowest BCUT2D eigenvalue weighted by Gasteiger charge is -2.35. The van der Waals surface area contributed by atoms with Crippen molar-refractivity contribution in [3.63, 3.8) is 0 Å². The zero-order valence-electron chi connectivity index (χ0n) is 19.6. The molecule has 1 saturated heterocycles. The van der Waals surface area contributed by atoms with Gasteiger partial charge in [-0.3, -0.25) is 9.59 Å². The third-order valence-electron chi connectivity index (χ3n) is 5.24. The Bertz CT molecular complexity index is 1000. The number of anilines is 1. The minimum atomic E-state index is -0.368. The number of para-hydroxylation sites is 1. The minimum Gasteiger partial charge on any atom is -0.493 e. The smallest absolute Gasteiger partial charge is 0.256 e. The second-order valence-corrected chi connectivity index (χ2v) is 7.79. The van der Waals surface area contributed by atoms with E-state index in [-0.39, 0.29) is 24.0 Å². The molecule has 1 fully saturated rings. The number of amides is 2. The summed E-state index contributed by atoms with van der Waals surface area (Å²) in [6.45, 7) is 4.90. The molecule has 8 nitrogen and oxygen atoms in total. The number of methoxy groups -OCH3 is 3. The number of carbonyl (C=O) groups excluding carboxylic acids is 2. The van der Waals surface area contributed by atoms with E-state index in [4.69, 9.17) is 18.9 Å². The molecule has 0 radical (unpaired) electrons. The van der Waals surface area contributed by atoms with Gasteiger partial charge in [0, 0.05) is 19.2 Å². The number of hydrogen-bond acceptors (Lipinski definition) is 6. The van der Waals surface area contributed by atoms with Crippen molar-refractivity contribution >= 4 is 23.6 Å². The lowest BCUT2D eigenvalue weighted by atomic mass is 10.1. The molecule has 0 spiro atoms. The zero-order chi connectivity index (χ0) is 24.0. The van der Waals surface area contributed by atoms with E-state index < -0.39 is 0 Å². The quantitative estimate of drug-likeness (QED) is 0.644. The van der Waals surface area contributed by atoms with E-state index >= 15 is 0 Å². The van der Waals surface area contributed by atoms with Crippen LogP contribution in [-0.4, -0.2) is 63.3 Å². The molecular formula is C25H30N2O6. The molecule has 0 saturated carbocycles. The number of benzene rings is 2. The lowest BCUT2D eigenvalue weighted by Crippen LogP contribution is -2.48. The van der Waals surface area contributed by atoms with Crippen LogP contribution < -0.4 is 19.5 Å². The first kappa shape index (κ1) is 24.1. The number of nitrogens with zero attached hydrogens (tertiary/aromatic N) is 1. The van der Waals surface area contributed by atoms with E-state index in [0.29, 0.717) is 47.2 Å². The summed E-state index contributed by atoms with van der Waals surface area (Å²) in [4.78, 5) is 27.5. The van der Waals surface area contributed by atoms with Crippen LogP contribution in [0.15, 0.2) is 42.5 Å². The Balaban J connectivity index is 1.77. The van der Waals surface area contributed by atoms with Crippen molar-refractivity contribution in [3.8, 4) is 17.2 Å². The van der Waals surface area contributed by atoms with Gasteiger partial charge in [-0.05, 0) is 49.8 Å². The maximum absolute atomic E-state index is 13.1. The molecule has 0 aliphatic carbocycles. The van der Waals surface area contributed by atoms with E-state index in [2.05, 4.69) is 5.32 Å². The fourth-order valence-corrected chi connectivity index (χ4v) is 3.84. The molecule has 33 heavy (non-hydrogen) atoms. The number of rotatable bonds is 7. The predicted molar refractivity (Wildman–Crippen MR) is 126 cm³/mol. The second kappa shape index (κ2) is 10.9. The highest BCUT2D eigenvalue weighted by Crippen LogP contribution is 2.38. The summed E-state index contributed by atoms with van der Waals surface area (Å²) in [6, 6.07) is 10.5. The number of morpholine rings is 1. The summed E-state index contributed by atoms with van der Waals surface area (Å²) in [6.07, 6.45) is 2.94. The number of ether oxygens (including phenoxy) is 4. The maximum Gasteiger partial charge on any atom is 0.256 e. The molecule has 8 heteroatoms. The van der Waals surface area contributed by atoms with Crippen LogP contribution in [0.3, 0.4) is 0 Å². The van der Waals surface area contributed by atoms with Crippen LogP contribution in [-0.2, 0) is 9.53 Å². The van der Waals surface area contributed by atoms with Crippen LogP contribution in [0.1, 0.15) is 29.8 Å². The minimum absolute atomic E-state index is 0.0409. The summed E-state index contributed by atoms with van der Waals surface area (Å²) < 4.78 is 21.7. The molecule has 0 bridgehead atoms. The van der Waals surface area contributed by atoms with Gasteiger partial charge in [0.1, 0.15) is 0 Å². The fourth-order valence-electron chi connectivity index (χ4n) is 3.84. The highest BCUT2D eigenvalue weighted by atomic mass is 16.5. The molecule has 2 unspecified atom stereocenters. The Kier molecular flexibility index (Phi) is 7.95. The summed E-state index contributed by atoms with van der Waals surface area (Å²) >= 11 is 0. The molecule has 2 atom stereocenters. The molecule has 2 amide bonds. The standard InChI is InChI=1S/C25H30N2O6/c1-16-14-27(15-17(2)33-16)25(29)19-8-6-7-9-20(19)26-23(28)11-10-18-12-21(30-3)24(32-5)22(13-18)31-4/h6-13,16-17H,14-15H2,1-5H3,(H,26,28)/b11-10+.